The van der Waals surface area contributed by atoms with Crippen molar-refractivity contribution in [3.63, 3.8) is 0 Å². The minimum absolute atomic E-state index is 0.0188. The van der Waals surface area contributed by atoms with Crippen LogP contribution in [0, 0.1) is 18.7 Å². The Hall–Kier alpha value is -1.18. The van der Waals surface area contributed by atoms with E-state index in [-0.39, 0.29) is 28.2 Å². The molecule has 1 aliphatic carbocycles. The summed E-state index contributed by atoms with van der Waals surface area (Å²) in [6, 6.07) is 2.41. The van der Waals surface area contributed by atoms with E-state index in [1.807, 2.05) is 0 Å². The van der Waals surface area contributed by atoms with Crippen molar-refractivity contribution < 1.29 is 17.9 Å². The first kappa shape index (κ1) is 16.2. The van der Waals surface area contributed by atoms with Crippen molar-refractivity contribution in [3.8, 4) is 0 Å². The van der Waals surface area contributed by atoms with Crippen LogP contribution in [-0.4, -0.2) is 26.2 Å². The van der Waals surface area contributed by atoms with E-state index in [1.165, 1.54) is 13.0 Å². The van der Waals surface area contributed by atoms with Gasteiger partial charge >= 0.3 is 0 Å². The molecule has 1 aromatic carbocycles. The summed E-state index contributed by atoms with van der Waals surface area (Å²) in [5, 5.41) is 9.43. The maximum absolute atomic E-state index is 13.4. The monoisotopic (exact) mass is 316 g/mol. The van der Waals surface area contributed by atoms with E-state index in [0.717, 1.165) is 18.9 Å². The maximum Gasteiger partial charge on any atom is 0.240 e. The van der Waals surface area contributed by atoms with Gasteiger partial charge in [0, 0.05) is 6.54 Å². The lowest BCUT2D eigenvalue weighted by Crippen LogP contribution is -2.32. The second-order valence-electron chi connectivity index (χ2n) is 5.67. The van der Waals surface area contributed by atoms with Gasteiger partial charge in [-0.3, -0.25) is 0 Å². The quantitative estimate of drug-likeness (QED) is 0.735. The van der Waals surface area contributed by atoms with Crippen molar-refractivity contribution >= 4 is 15.7 Å². The van der Waals surface area contributed by atoms with E-state index in [2.05, 4.69) is 4.72 Å². The van der Waals surface area contributed by atoms with Gasteiger partial charge in [0.1, 0.15) is 5.82 Å². The molecule has 0 unspecified atom stereocenters. The normalized spacial score (nSPS) is 23.2. The van der Waals surface area contributed by atoms with Crippen molar-refractivity contribution in [2.45, 2.75) is 43.6 Å². The lowest BCUT2D eigenvalue weighted by molar-refractivity contribution is 0.109. The minimum Gasteiger partial charge on any atom is -0.396 e. The van der Waals surface area contributed by atoms with E-state index in [4.69, 9.17) is 5.73 Å². The summed E-state index contributed by atoms with van der Waals surface area (Å²) in [6.07, 6.45) is 2.74. The van der Waals surface area contributed by atoms with E-state index in [9.17, 15) is 17.9 Å². The highest BCUT2D eigenvalue weighted by Gasteiger charge is 2.23. The molecule has 4 N–H and O–H groups in total. The van der Waals surface area contributed by atoms with Crippen molar-refractivity contribution in [3.05, 3.63) is 23.5 Å². The number of nitrogen functional groups attached to an aromatic ring is 1. The summed E-state index contributed by atoms with van der Waals surface area (Å²) in [5.41, 5.74) is 5.51. The molecule has 0 amide bonds. The third kappa shape index (κ3) is 3.93. The fraction of sp³-hybridized carbons (Fsp3) is 0.571. The molecular weight excluding hydrogens is 295 g/mol. The second kappa shape index (κ2) is 6.29. The number of aryl methyl sites for hydroxylation is 1. The number of hydrogen-bond donors (Lipinski definition) is 3. The highest BCUT2D eigenvalue weighted by atomic mass is 32.2. The predicted molar refractivity (Wildman–Crippen MR) is 78.7 cm³/mol. The molecule has 0 aliphatic heterocycles. The Labute approximate surface area is 124 Å². The van der Waals surface area contributed by atoms with Crippen LogP contribution in [-0.2, 0) is 10.0 Å². The molecule has 1 aliphatic rings. The maximum atomic E-state index is 13.4. The molecule has 0 spiro atoms. The number of rotatable bonds is 4. The first-order chi connectivity index (χ1) is 9.79. The van der Waals surface area contributed by atoms with Crippen LogP contribution in [0.4, 0.5) is 10.1 Å². The van der Waals surface area contributed by atoms with Crippen LogP contribution >= 0.6 is 0 Å². The number of nitrogens with two attached hydrogens (primary N) is 1. The first-order valence-electron chi connectivity index (χ1n) is 7.03. The summed E-state index contributed by atoms with van der Waals surface area (Å²) in [4.78, 5) is -0.0188. The Morgan fingerprint density at radius 1 is 1.33 bits per heavy atom. The van der Waals surface area contributed by atoms with Crippen molar-refractivity contribution in [2.24, 2.45) is 5.92 Å². The average molecular weight is 316 g/mol. The molecule has 5 nitrogen and oxygen atoms in total. The molecular formula is C14H21FN2O3S. The van der Waals surface area contributed by atoms with Crippen LogP contribution in [0.1, 0.15) is 31.2 Å². The second-order valence-corrected chi connectivity index (χ2v) is 7.44. The largest absolute Gasteiger partial charge is 0.396 e. The molecule has 0 radical (unpaired) electrons. The molecule has 7 heteroatoms. The molecule has 0 saturated heterocycles. The Bertz CT molecular complexity index is 588. The third-order valence-electron chi connectivity index (χ3n) is 3.94. The van der Waals surface area contributed by atoms with Crippen LogP contribution in [0.3, 0.4) is 0 Å². The van der Waals surface area contributed by atoms with E-state index < -0.39 is 15.8 Å². The fourth-order valence-electron chi connectivity index (χ4n) is 2.58. The summed E-state index contributed by atoms with van der Waals surface area (Å²) in [6.45, 7) is 1.80. The van der Waals surface area contributed by atoms with Gasteiger partial charge in [-0.15, -0.1) is 0 Å². The average Bonchev–Trinajstić information content (AvgIpc) is 2.43. The predicted octanol–water partition coefficient (Wildman–Crippen LogP) is 1.55. The van der Waals surface area contributed by atoms with Crippen LogP contribution in [0.2, 0.25) is 0 Å². The number of hydrogen-bond acceptors (Lipinski definition) is 4. The zero-order valence-electron chi connectivity index (χ0n) is 12.0. The van der Waals surface area contributed by atoms with Gasteiger partial charge in [0.2, 0.25) is 10.0 Å². The van der Waals surface area contributed by atoms with Gasteiger partial charge in [-0.1, -0.05) is 0 Å². The van der Waals surface area contributed by atoms with Crippen LogP contribution < -0.4 is 10.5 Å². The van der Waals surface area contributed by atoms with Gasteiger partial charge in [-0.25, -0.2) is 17.5 Å². The Kier molecular flexibility index (Phi) is 4.85. The molecule has 1 aromatic rings. The molecule has 0 heterocycles. The number of aliphatic hydroxyl groups excluding tert-OH is 1. The Balaban J connectivity index is 2.05. The van der Waals surface area contributed by atoms with Gasteiger partial charge in [-0.05, 0) is 56.2 Å². The topological polar surface area (TPSA) is 92.4 Å². The van der Waals surface area contributed by atoms with E-state index in [1.54, 1.807) is 0 Å². The van der Waals surface area contributed by atoms with Crippen LogP contribution in [0.15, 0.2) is 17.0 Å². The van der Waals surface area contributed by atoms with Crippen LogP contribution in [0.25, 0.3) is 0 Å². The molecule has 0 bridgehead atoms. The Morgan fingerprint density at radius 2 is 1.95 bits per heavy atom. The Morgan fingerprint density at radius 3 is 2.52 bits per heavy atom. The highest BCUT2D eigenvalue weighted by molar-refractivity contribution is 7.89. The minimum atomic E-state index is -3.69. The van der Waals surface area contributed by atoms with Crippen molar-refractivity contribution in [1.29, 1.82) is 0 Å². The zero-order chi connectivity index (χ0) is 15.6. The number of nitrogens with one attached hydrogen (secondary N) is 1. The van der Waals surface area contributed by atoms with Crippen molar-refractivity contribution in [1.82, 2.24) is 4.72 Å². The number of aliphatic hydroxyl groups is 1. The first-order valence-corrected chi connectivity index (χ1v) is 8.51. The zero-order valence-corrected chi connectivity index (χ0v) is 12.8. The number of benzene rings is 1. The molecule has 0 aromatic heterocycles. The number of sulfonamides is 1. The lowest BCUT2D eigenvalue weighted by atomic mass is 9.88. The standard InChI is InChI=1S/C14H21FN2O3S/c1-9-6-12(7-13(16)14(9)15)21(19,20)17-8-10-2-4-11(18)5-3-10/h6-7,10-11,17-18H,2-5,8,16H2,1H3. The molecule has 118 valence electrons. The van der Waals surface area contributed by atoms with Crippen LogP contribution in [0.5, 0.6) is 0 Å². The molecule has 2 rings (SSSR count). The number of anilines is 1. The SMILES string of the molecule is Cc1cc(S(=O)(=O)NCC2CCC(O)CC2)cc(N)c1F. The molecule has 1 fully saturated rings. The van der Waals surface area contributed by atoms with Gasteiger partial charge in [0.15, 0.2) is 0 Å². The van der Waals surface area contributed by atoms with E-state index in [0.29, 0.717) is 19.4 Å². The molecule has 21 heavy (non-hydrogen) atoms. The smallest absolute Gasteiger partial charge is 0.240 e. The summed E-state index contributed by atoms with van der Waals surface area (Å²) in [7, 11) is -3.69. The summed E-state index contributed by atoms with van der Waals surface area (Å²) >= 11 is 0. The lowest BCUT2D eigenvalue weighted by Gasteiger charge is -2.25. The fourth-order valence-corrected chi connectivity index (χ4v) is 3.81. The van der Waals surface area contributed by atoms with Gasteiger partial charge in [0.25, 0.3) is 0 Å². The molecule has 1 saturated carbocycles. The van der Waals surface area contributed by atoms with Crippen molar-refractivity contribution in [2.75, 3.05) is 12.3 Å². The summed E-state index contributed by atoms with van der Waals surface area (Å²) in [5.74, 6) is -0.364. The summed E-state index contributed by atoms with van der Waals surface area (Å²) < 4.78 is 40.4. The van der Waals surface area contributed by atoms with Gasteiger partial charge in [0.05, 0.1) is 16.7 Å². The highest BCUT2D eigenvalue weighted by Crippen LogP contribution is 2.25. The third-order valence-corrected chi connectivity index (χ3v) is 5.35. The van der Waals surface area contributed by atoms with E-state index >= 15 is 0 Å². The van der Waals surface area contributed by atoms with Gasteiger partial charge < -0.3 is 10.8 Å². The van der Waals surface area contributed by atoms with Gasteiger partial charge in [-0.2, -0.15) is 0 Å². The number of halogens is 1. The molecule has 0 atom stereocenters.